The molecule has 3 heteroatoms. The smallest absolute Gasteiger partial charge is 0.119 e. The summed E-state index contributed by atoms with van der Waals surface area (Å²) < 4.78 is 5.26. The summed E-state index contributed by atoms with van der Waals surface area (Å²) in [5.41, 5.74) is 2.79. The molecule has 19 heavy (non-hydrogen) atoms. The van der Waals surface area contributed by atoms with Gasteiger partial charge in [0.05, 0.1) is 7.11 Å². The highest BCUT2D eigenvalue weighted by molar-refractivity contribution is 7.10. The molecule has 3 rings (SSSR count). The summed E-state index contributed by atoms with van der Waals surface area (Å²) in [4.78, 5) is 1.56. The van der Waals surface area contributed by atoms with Crippen LogP contribution in [0.2, 0.25) is 0 Å². The second kappa shape index (κ2) is 5.76. The van der Waals surface area contributed by atoms with Crippen LogP contribution in [0.25, 0.3) is 0 Å². The number of rotatable bonds is 4. The lowest BCUT2D eigenvalue weighted by Gasteiger charge is -2.24. The van der Waals surface area contributed by atoms with E-state index in [4.69, 9.17) is 4.74 Å². The van der Waals surface area contributed by atoms with Crippen LogP contribution in [0.15, 0.2) is 35.7 Å². The van der Waals surface area contributed by atoms with Gasteiger partial charge < -0.3 is 10.1 Å². The molecular weight excluding hydrogens is 254 g/mol. The first-order chi connectivity index (χ1) is 9.36. The van der Waals surface area contributed by atoms with Gasteiger partial charge in [-0.2, -0.15) is 0 Å². The number of hydrogen-bond donors (Lipinski definition) is 1. The van der Waals surface area contributed by atoms with E-state index in [0.717, 1.165) is 12.3 Å². The molecule has 0 amide bonds. The van der Waals surface area contributed by atoms with Crippen LogP contribution in [0, 0.1) is 0 Å². The molecule has 2 nitrogen and oxygen atoms in total. The summed E-state index contributed by atoms with van der Waals surface area (Å²) in [7, 11) is 1.71. The topological polar surface area (TPSA) is 21.3 Å². The first-order valence-corrected chi connectivity index (χ1v) is 7.67. The molecule has 0 fully saturated rings. The van der Waals surface area contributed by atoms with Crippen molar-refractivity contribution < 1.29 is 4.74 Å². The number of aryl methyl sites for hydroxylation is 1. The first kappa shape index (κ1) is 12.7. The van der Waals surface area contributed by atoms with Crippen molar-refractivity contribution >= 4 is 11.3 Å². The van der Waals surface area contributed by atoms with Crippen molar-refractivity contribution in [2.45, 2.75) is 31.8 Å². The lowest BCUT2D eigenvalue weighted by atomic mass is 9.94. The third kappa shape index (κ3) is 2.82. The van der Waals surface area contributed by atoms with Gasteiger partial charge in [-0.3, -0.25) is 0 Å². The van der Waals surface area contributed by atoms with E-state index in [0.29, 0.717) is 6.04 Å². The summed E-state index contributed by atoms with van der Waals surface area (Å²) in [6, 6.07) is 11.1. The zero-order valence-electron chi connectivity index (χ0n) is 11.2. The van der Waals surface area contributed by atoms with Crippen molar-refractivity contribution in [3.63, 3.8) is 0 Å². The van der Waals surface area contributed by atoms with Crippen LogP contribution >= 0.6 is 11.3 Å². The fraction of sp³-hybridized carbons (Fsp3) is 0.375. The van der Waals surface area contributed by atoms with E-state index in [-0.39, 0.29) is 0 Å². The van der Waals surface area contributed by atoms with Crippen LogP contribution in [0.1, 0.15) is 34.9 Å². The van der Waals surface area contributed by atoms with E-state index in [1.807, 2.05) is 23.5 Å². The van der Waals surface area contributed by atoms with Crippen molar-refractivity contribution in [3.8, 4) is 5.75 Å². The Morgan fingerprint density at radius 3 is 3.21 bits per heavy atom. The zero-order valence-corrected chi connectivity index (χ0v) is 12.0. The molecule has 0 spiro atoms. The van der Waals surface area contributed by atoms with Crippen LogP contribution in [-0.4, -0.2) is 7.11 Å². The summed E-state index contributed by atoms with van der Waals surface area (Å²) in [6.07, 6.45) is 3.79. The summed E-state index contributed by atoms with van der Waals surface area (Å²) in [5.74, 6) is 0.930. The van der Waals surface area contributed by atoms with Gasteiger partial charge in [-0.25, -0.2) is 0 Å². The Balaban J connectivity index is 1.67. The number of benzene rings is 1. The van der Waals surface area contributed by atoms with Gasteiger partial charge in [-0.15, -0.1) is 11.3 Å². The Bertz CT molecular complexity index is 549. The Morgan fingerprint density at radius 2 is 2.32 bits per heavy atom. The molecule has 100 valence electrons. The minimum atomic E-state index is 0.515. The molecule has 1 N–H and O–H groups in total. The maximum Gasteiger partial charge on any atom is 0.119 e. The first-order valence-electron chi connectivity index (χ1n) is 6.79. The van der Waals surface area contributed by atoms with Gasteiger partial charge in [-0.1, -0.05) is 12.1 Å². The van der Waals surface area contributed by atoms with Crippen molar-refractivity contribution in [1.29, 1.82) is 0 Å². The molecule has 1 aliphatic rings. The van der Waals surface area contributed by atoms with Gasteiger partial charge in [0.1, 0.15) is 5.75 Å². The van der Waals surface area contributed by atoms with E-state index >= 15 is 0 Å². The number of ether oxygens (including phenoxy) is 1. The quantitative estimate of drug-likeness (QED) is 0.911. The van der Waals surface area contributed by atoms with Crippen LogP contribution < -0.4 is 10.1 Å². The van der Waals surface area contributed by atoms with Gasteiger partial charge in [0.15, 0.2) is 0 Å². The molecule has 0 saturated heterocycles. The lowest BCUT2D eigenvalue weighted by Crippen LogP contribution is -2.23. The van der Waals surface area contributed by atoms with Crippen molar-refractivity contribution in [2.75, 3.05) is 7.11 Å². The molecule has 1 atom stereocenters. The Hall–Kier alpha value is -1.32. The van der Waals surface area contributed by atoms with Gasteiger partial charge in [0, 0.05) is 17.5 Å². The van der Waals surface area contributed by atoms with E-state index < -0.39 is 0 Å². The third-order valence-corrected chi connectivity index (χ3v) is 4.74. The molecule has 0 radical (unpaired) electrons. The van der Waals surface area contributed by atoms with E-state index in [9.17, 15) is 0 Å². The zero-order chi connectivity index (χ0) is 13.1. The molecule has 0 bridgehead atoms. The van der Waals surface area contributed by atoms with Gasteiger partial charge in [0.25, 0.3) is 0 Å². The molecule has 2 aromatic rings. The van der Waals surface area contributed by atoms with Crippen LogP contribution in [0.5, 0.6) is 5.75 Å². The fourth-order valence-electron chi connectivity index (χ4n) is 2.72. The average Bonchev–Trinajstić information content (AvgIpc) is 2.94. The molecule has 1 aliphatic carbocycles. The van der Waals surface area contributed by atoms with Gasteiger partial charge in [-0.05, 0) is 54.0 Å². The standard InChI is InChI=1S/C16H19NOS/c1-18-13-5-2-4-12(10-13)11-17-15-6-3-7-16-14(15)8-9-19-16/h2,4-5,8-10,15,17H,3,6-7,11H2,1H3. The molecule has 1 aromatic heterocycles. The highest BCUT2D eigenvalue weighted by Gasteiger charge is 2.20. The summed E-state index contributed by atoms with van der Waals surface area (Å²) >= 11 is 1.90. The Kier molecular flexibility index (Phi) is 3.85. The highest BCUT2D eigenvalue weighted by Crippen LogP contribution is 2.33. The van der Waals surface area contributed by atoms with Crippen LogP contribution in [0.3, 0.4) is 0 Å². The maximum atomic E-state index is 5.26. The fourth-order valence-corrected chi connectivity index (χ4v) is 3.71. The predicted octanol–water partition coefficient (Wildman–Crippen LogP) is 3.92. The Labute approximate surface area is 118 Å². The van der Waals surface area contributed by atoms with Crippen molar-refractivity contribution in [3.05, 3.63) is 51.7 Å². The molecule has 0 saturated carbocycles. The second-order valence-corrected chi connectivity index (χ2v) is 5.98. The molecule has 1 aromatic carbocycles. The third-order valence-electron chi connectivity index (χ3n) is 3.74. The van der Waals surface area contributed by atoms with Crippen LogP contribution in [0.4, 0.5) is 0 Å². The minimum Gasteiger partial charge on any atom is -0.497 e. The van der Waals surface area contributed by atoms with Crippen LogP contribution in [-0.2, 0) is 13.0 Å². The number of fused-ring (bicyclic) bond motifs is 1. The van der Waals surface area contributed by atoms with Gasteiger partial charge in [0.2, 0.25) is 0 Å². The summed E-state index contributed by atoms with van der Waals surface area (Å²) in [6.45, 7) is 0.900. The van der Waals surface area contributed by atoms with Crippen molar-refractivity contribution in [2.24, 2.45) is 0 Å². The number of methoxy groups -OCH3 is 1. The van der Waals surface area contributed by atoms with Gasteiger partial charge >= 0.3 is 0 Å². The normalized spacial score (nSPS) is 18.1. The summed E-state index contributed by atoms with van der Waals surface area (Å²) in [5, 5.41) is 5.90. The Morgan fingerprint density at radius 1 is 1.37 bits per heavy atom. The minimum absolute atomic E-state index is 0.515. The average molecular weight is 273 g/mol. The number of nitrogens with one attached hydrogen (secondary N) is 1. The maximum absolute atomic E-state index is 5.26. The van der Waals surface area contributed by atoms with Crippen molar-refractivity contribution in [1.82, 2.24) is 5.32 Å². The highest BCUT2D eigenvalue weighted by atomic mass is 32.1. The van der Waals surface area contributed by atoms with E-state index in [1.165, 1.54) is 30.4 Å². The monoisotopic (exact) mass is 273 g/mol. The SMILES string of the molecule is COc1cccc(CNC2CCCc3sccc32)c1. The largest absolute Gasteiger partial charge is 0.497 e. The molecule has 1 heterocycles. The molecule has 0 aliphatic heterocycles. The van der Waals surface area contributed by atoms with E-state index in [1.54, 1.807) is 12.0 Å². The second-order valence-electron chi connectivity index (χ2n) is 4.98. The predicted molar refractivity (Wildman–Crippen MR) is 79.8 cm³/mol. The number of hydrogen-bond acceptors (Lipinski definition) is 3. The molecule has 1 unspecified atom stereocenters. The molecular formula is C16H19NOS. The number of thiophene rings is 1. The van der Waals surface area contributed by atoms with E-state index in [2.05, 4.69) is 28.9 Å². The lowest BCUT2D eigenvalue weighted by molar-refractivity contribution is 0.413.